The fraction of sp³-hybridized carbons (Fsp3) is 0.857. The van der Waals surface area contributed by atoms with Gasteiger partial charge in [-0.15, -0.1) is 0 Å². The fourth-order valence-electron chi connectivity index (χ4n) is 8.30. The normalized spacial score (nSPS) is 13.4. The Labute approximate surface area is 385 Å². The third kappa shape index (κ3) is 44.7. The number of aliphatic hydroxyl groups excluding tert-OH is 2. The number of unbranched alkanes of at least 4 members (excludes halogenated alkanes) is 32. The molecule has 0 heterocycles. The molecular weight excluding hydrogens is 767 g/mol. The van der Waals surface area contributed by atoms with Gasteiger partial charge in [-0.3, -0.25) is 9.59 Å². The molecule has 62 heavy (non-hydrogen) atoms. The van der Waals surface area contributed by atoms with Crippen LogP contribution in [0.4, 0.5) is 0 Å². The van der Waals surface area contributed by atoms with Crippen LogP contribution in [-0.2, 0) is 14.3 Å². The molecule has 0 spiro atoms. The van der Waals surface area contributed by atoms with Gasteiger partial charge in [-0.25, -0.2) is 0 Å². The van der Waals surface area contributed by atoms with Crippen LogP contribution < -0.4 is 5.32 Å². The SMILES string of the molecule is CCCCC/C=C/C=C/CCCCCCC(CC(=O)NC(CO)C(O)CCCCCCCCCCCCCC)OC(=O)CCCCCCC/C=C/CCCCCCCCCCC. The van der Waals surface area contributed by atoms with Gasteiger partial charge in [-0.2, -0.15) is 0 Å². The zero-order valence-corrected chi connectivity index (χ0v) is 41.5. The Morgan fingerprint density at radius 1 is 0.468 bits per heavy atom. The lowest BCUT2D eigenvalue weighted by atomic mass is 10.0. The largest absolute Gasteiger partial charge is 0.462 e. The van der Waals surface area contributed by atoms with Crippen LogP contribution in [0.25, 0.3) is 0 Å². The quantitative estimate of drug-likeness (QED) is 0.0245. The summed E-state index contributed by atoms with van der Waals surface area (Å²) in [5.41, 5.74) is 0. The second kappa shape index (κ2) is 50.1. The summed E-state index contributed by atoms with van der Waals surface area (Å²) in [6, 6.07) is -0.707. The van der Waals surface area contributed by atoms with Crippen molar-refractivity contribution in [3.05, 3.63) is 36.5 Å². The predicted octanol–water partition coefficient (Wildman–Crippen LogP) is 16.5. The number of ether oxygens (including phenoxy) is 1. The summed E-state index contributed by atoms with van der Waals surface area (Å²) < 4.78 is 5.93. The molecule has 1 amide bonds. The van der Waals surface area contributed by atoms with Gasteiger partial charge >= 0.3 is 5.97 Å². The van der Waals surface area contributed by atoms with Crippen molar-refractivity contribution in [3.63, 3.8) is 0 Å². The van der Waals surface area contributed by atoms with Crippen molar-refractivity contribution >= 4 is 11.9 Å². The zero-order valence-electron chi connectivity index (χ0n) is 41.5. The third-order valence-electron chi connectivity index (χ3n) is 12.5. The number of aliphatic hydroxyl groups is 2. The van der Waals surface area contributed by atoms with Crippen molar-refractivity contribution < 1.29 is 24.5 Å². The number of hydrogen-bond acceptors (Lipinski definition) is 5. The first-order valence-corrected chi connectivity index (χ1v) is 27.2. The zero-order chi connectivity index (χ0) is 45.2. The molecule has 3 N–H and O–H groups in total. The first kappa shape index (κ1) is 60.1. The minimum Gasteiger partial charge on any atom is -0.462 e. The fourth-order valence-corrected chi connectivity index (χ4v) is 8.30. The summed E-state index contributed by atoms with van der Waals surface area (Å²) in [4.78, 5) is 26.2. The minimum absolute atomic E-state index is 0.0630. The van der Waals surface area contributed by atoms with Crippen molar-refractivity contribution in [3.8, 4) is 0 Å². The number of rotatable bonds is 49. The molecule has 6 heteroatoms. The van der Waals surface area contributed by atoms with Gasteiger partial charge in [0.25, 0.3) is 0 Å². The van der Waals surface area contributed by atoms with Gasteiger partial charge in [0.1, 0.15) is 6.10 Å². The average molecular weight is 872 g/mol. The van der Waals surface area contributed by atoms with Crippen LogP contribution in [0.15, 0.2) is 36.5 Å². The lowest BCUT2D eigenvalue weighted by Crippen LogP contribution is -2.46. The van der Waals surface area contributed by atoms with Gasteiger partial charge < -0.3 is 20.3 Å². The van der Waals surface area contributed by atoms with Crippen LogP contribution in [0.1, 0.15) is 284 Å². The van der Waals surface area contributed by atoms with Crippen LogP contribution in [0.5, 0.6) is 0 Å². The highest BCUT2D eigenvalue weighted by Crippen LogP contribution is 2.18. The number of hydrogen-bond donors (Lipinski definition) is 3. The maximum Gasteiger partial charge on any atom is 0.306 e. The number of amides is 1. The second-order valence-electron chi connectivity index (χ2n) is 18.7. The Hall–Kier alpha value is -1.92. The minimum atomic E-state index is -0.792. The number of nitrogens with one attached hydrogen (secondary N) is 1. The van der Waals surface area contributed by atoms with Crippen LogP contribution in [-0.4, -0.2) is 46.9 Å². The average Bonchev–Trinajstić information content (AvgIpc) is 3.26. The first-order chi connectivity index (χ1) is 30.5. The van der Waals surface area contributed by atoms with Gasteiger partial charge in [0, 0.05) is 6.42 Å². The van der Waals surface area contributed by atoms with Crippen molar-refractivity contribution in [1.82, 2.24) is 5.32 Å². The van der Waals surface area contributed by atoms with Crippen molar-refractivity contribution in [2.75, 3.05) is 6.61 Å². The van der Waals surface area contributed by atoms with Crippen molar-refractivity contribution in [2.45, 2.75) is 302 Å². The van der Waals surface area contributed by atoms with Gasteiger partial charge in [-0.05, 0) is 77.0 Å². The van der Waals surface area contributed by atoms with Gasteiger partial charge in [0.15, 0.2) is 0 Å². The Morgan fingerprint density at radius 3 is 1.27 bits per heavy atom. The van der Waals surface area contributed by atoms with E-state index in [2.05, 4.69) is 62.5 Å². The highest BCUT2D eigenvalue weighted by atomic mass is 16.5. The molecule has 3 atom stereocenters. The van der Waals surface area contributed by atoms with Gasteiger partial charge in [-0.1, -0.05) is 231 Å². The molecule has 0 aliphatic heterocycles. The molecule has 0 aromatic heterocycles. The molecule has 0 fully saturated rings. The summed E-state index contributed by atoms with van der Waals surface area (Å²) in [5.74, 6) is -0.494. The summed E-state index contributed by atoms with van der Waals surface area (Å²) in [6.45, 7) is 6.46. The molecule has 0 radical (unpaired) electrons. The number of carbonyl (C=O) groups excluding carboxylic acids is 2. The molecule has 0 bridgehead atoms. The standard InChI is InChI=1S/C56H105NO5/c1-4-7-10-13-16-19-22-25-26-27-28-29-31-34-37-40-43-46-49-56(61)62-52(47-44-41-38-35-32-30-23-20-17-14-11-8-5-2)50-55(60)57-53(51-58)54(59)48-45-42-39-36-33-24-21-18-15-12-9-6-3/h17,20,23,28-30,52-54,58-59H,4-16,18-19,21-22,24-27,31-51H2,1-3H3,(H,57,60)/b20-17+,29-28+,30-23+. The molecule has 0 saturated heterocycles. The topological polar surface area (TPSA) is 95.9 Å². The maximum atomic E-state index is 13.2. The summed E-state index contributed by atoms with van der Waals surface area (Å²) in [5, 5.41) is 23.8. The van der Waals surface area contributed by atoms with Crippen molar-refractivity contribution in [2.24, 2.45) is 0 Å². The summed E-state index contributed by atoms with van der Waals surface area (Å²) >= 11 is 0. The van der Waals surface area contributed by atoms with E-state index in [1.54, 1.807) is 0 Å². The van der Waals surface area contributed by atoms with Crippen LogP contribution in [0.3, 0.4) is 0 Å². The Kier molecular flexibility index (Phi) is 48.5. The van der Waals surface area contributed by atoms with E-state index in [1.807, 2.05) is 0 Å². The van der Waals surface area contributed by atoms with E-state index in [-0.39, 0.29) is 24.9 Å². The van der Waals surface area contributed by atoms with Crippen LogP contribution in [0.2, 0.25) is 0 Å². The molecule has 0 aliphatic carbocycles. The summed E-state index contributed by atoms with van der Waals surface area (Å²) in [6.07, 6.45) is 59.2. The molecule has 3 unspecified atom stereocenters. The maximum absolute atomic E-state index is 13.2. The van der Waals surface area contributed by atoms with Crippen LogP contribution in [0, 0.1) is 0 Å². The number of carbonyl (C=O) groups is 2. The highest BCUT2D eigenvalue weighted by Gasteiger charge is 2.24. The van der Waals surface area contributed by atoms with E-state index in [0.29, 0.717) is 19.3 Å². The van der Waals surface area contributed by atoms with E-state index in [4.69, 9.17) is 4.74 Å². The lowest BCUT2D eigenvalue weighted by molar-refractivity contribution is -0.151. The predicted molar refractivity (Wildman–Crippen MR) is 269 cm³/mol. The van der Waals surface area contributed by atoms with E-state index >= 15 is 0 Å². The van der Waals surface area contributed by atoms with E-state index in [1.165, 1.54) is 154 Å². The monoisotopic (exact) mass is 872 g/mol. The first-order valence-electron chi connectivity index (χ1n) is 27.2. The molecule has 0 rings (SSSR count). The van der Waals surface area contributed by atoms with Gasteiger partial charge in [0.05, 0.1) is 25.2 Å². The van der Waals surface area contributed by atoms with Crippen LogP contribution >= 0.6 is 0 Å². The number of allylic oxidation sites excluding steroid dienone is 6. The molecule has 6 nitrogen and oxygen atoms in total. The van der Waals surface area contributed by atoms with Gasteiger partial charge in [0.2, 0.25) is 5.91 Å². The number of esters is 1. The molecule has 0 aromatic carbocycles. The molecule has 0 aromatic rings. The Balaban J connectivity index is 4.56. The third-order valence-corrected chi connectivity index (χ3v) is 12.5. The van der Waals surface area contributed by atoms with E-state index in [9.17, 15) is 19.8 Å². The Morgan fingerprint density at radius 2 is 0.823 bits per heavy atom. The summed E-state index contributed by atoms with van der Waals surface area (Å²) in [7, 11) is 0. The van der Waals surface area contributed by atoms with Crippen molar-refractivity contribution in [1.29, 1.82) is 0 Å². The molecule has 0 aliphatic rings. The van der Waals surface area contributed by atoms with E-state index < -0.39 is 18.2 Å². The molecule has 0 saturated carbocycles. The molecule has 364 valence electrons. The van der Waals surface area contributed by atoms with E-state index in [0.717, 1.165) is 83.5 Å². The second-order valence-corrected chi connectivity index (χ2v) is 18.7. The smallest absolute Gasteiger partial charge is 0.306 e. The Bertz CT molecular complexity index is 1020. The lowest BCUT2D eigenvalue weighted by Gasteiger charge is -2.24. The molecular formula is C56H105NO5. The highest BCUT2D eigenvalue weighted by molar-refractivity contribution is 5.77.